The summed E-state index contributed by atoms with van der Waals surface area (Å²) >= 11 is 0. The van der Waals surface area contributed by atoms with Gasteiger partial charge in [0, 0.05) is 31.7 Å². The molecule has 0 aromatic rings. The van der Waals surface area contributed by atoms with Crippen molar-refractivity contribution in [1.82, 2.24) is 10.2 Å². The van der Waals surface area contributed by atoms with Crippen molar-refractivity contribution in [2.75, 3.05) is 32.8 Å². The molecule has 0 spiro atoms. The molecule has 0 aromatic carbocycles. The summed E-state index contributed by atoms with van der Waals surface area (Å²) in [5.74, 6) is 0.951. The zero-order valence-electron chi connectivity index (χ0n) is 12.2. The van der Waals surface area contributed by atoms with E-state index >= 15 is 0 Å². The molecule has 1 saturated heterocycles. The molecule has 1 heterocycles. The summed E-state index contributed by atoms with van der Waals surface area (Å²) in [6.07, 6.45) is 6.78. The molecule has 106 valence electrons. The standard InChI is InChI=1S/C15H30N2O/c1-3-15-12-18-11-10-17(15)9-8-16-14-6-4-13(2)5-7-14/h13-16H,3-12H2,1-2H3. The highest BCUT2D eigenvalue weighted by molar-refractivity contribution is 4.78. The summed E-state index contributed by atoms with van der Waals surface area (Å²) in [5, 5.41) is 3.75. The minimum atomic E-state index is 0.645. The highest BCUT2D eigenvalue weighted by atomic mass is 16.5. The zero-order chi connectivity index (χ0) is 12.8. The Morgan fingerprint density at radius 2 is 2.00 bits per heavy atom. The van der Waals surface area contributed by atoms with Gasteiger partial charge in [0.2, 0.25) is 0 Å². The fourth-order valence-electron chi connectivity index (χ4n) is 3.24. The van der Waals surface area contributed by atoms with Gasteiger partial charge in [-0.1, -0.05) is 13.8 Å². The second kappa shape index (κ2) is 7.46. The smallest absolute Gasteiger partial charge is 0.0622 e. The van der Waals surface area contributed by atoms with Crippen LogP contribution in [0.5, 0.6) is 0 Å². The molecule has 2 aliphatic rings. The molecule has 2 fully saturated rings. The van der Waals surface area contributed by atoms with Crippen LogP contribution in [0.2, 0.25) is 0 Å². The van der Waals surface area contributed by atoms with E-state index in [0.29, 0.717) is 6.04 Å². The molecule has 18 heavy (non-hydrogen) atoms. The number of nitrogens with zero attached hydrogens (tertiary/aromatic N) is 1. The van der Waals surface area contributed by atoms with Gasteiger partial charge < -0.3 is 10.1 Å². The van der Waals surface area contributed by atoms with Crippen LogP contribution in [0.15, 0.2) is 0 Å². The van der Waals surface area contributed by atoms with E-state index in [1.807, 2.05) is 0 Å². The average Bonchev–Trinajstić information content (AvgIpc) is 2.41. The molecule has 0 amide bonds. The Kier molecular flexibility index (Phi) is 5.93. The third kappa shape index (κ3) is 4.22. The first-order valence-electron chi connectivity index (χ1n) is 7.84. The number of rotatable bonds is 5. The van der Waals surface area contributed by atoms with Crippen molar-refractivity contribution in [3.63, 3.8) is 0 Å². The van der Waals surface area contributed by atoms with E-state index in [9.17, 15) is 0 Å². The van der Waals surface area contributed by atoms with E-state index < -0.39 is 0 Å². The predicted molar refractivity (Wildman–Crippen MR) is 75.9 cm³/mol. The average molecular weight is 254 g/mol. The predicted octanol–water partition coefficient (Wildman–Crippen LogP) is 2.27. The van der Waals surface area contributed by atoms with E-state index in [1.54, 1.807) is 0 Å². The highest BCUT2D eigenvalue weighted by Crippen LogP contribution is 2.23. The lowest BCUT2D eigenvalue weighted by atomic mass is 9.87. The van der Waals surface area contributed by atoms with Crippen molar-refractivity contribution >= 4 is 0 Å². The molecule has 3 nitrogen and oxygen atoms in total. The molecule has 2 rings (SSSR count). The van der Waals surface area contributed by atoms with Crippen LogP contribution in [0.25, 0.3) is 0 Å². The van der Waals surface area contributed by atoms with Gasteiger partial charge in [-0.2, -0.15) is 0 Å². The lowest BCUT2D eigenvalue weighted by molar-refractivity contribution is -0.00824. The fraction of sp³-hybridized carbons (Fsp3) is 1.00. The van der Waals surface area contributed by atoms with Gasteiger partial charge >= 0.3 is 0 Å². The van der Waals surface area contributed by atoms with Crippen molar-refractivity contribution in [3.05, 3.63) is 0 Å². The molecular formula is C15H30N2O. The molecule has 1 atom stereocenters. The third-order valence-corrected chi connectivity index (χ3v) is 4.67. The Labute approximate surface area is 112 Å². The summed E-state index contributed by atoms with van der Waals surface area (Å²) in [4.78, 5) is 2.60. The summed E-state index contributed by atoms with van der Waals surface area (Å²) in [6.45, 7) is 9.94. The topological polar surface area (TPSA) is 24.5 Å². The van der Waals surface area contributed by atoms with Crippen LogP contribution in [0, 0.1) is 5.92 Å². The Balaban J connectivity index is 1.62. The second-order valence-electron chi connectivity index (χ2n) is 6.08. The molecule has 1 aliphatic heterocycles. The van der Waals surface area contributed by atoms with Gasteiger partial charge in [-0.25, -0.2) is 0 Å². The molecule has 0 bridgehead atoms. The SMILES string of the molecule is CCC1COCCN1CCNC1CCC(C)CC1. The van der Waals surface area contributed by atoms with Crippen LogP contribution in [-0.2, 0) is 4.74 Å². The molecule has 0 radical (unpaired) electrons. The van der Waals surface area contributed by atoms with Gasteiger partial charge in [0.15, 0.2) is 0 Å². The van der Waals surface area contributed by atoms with E-state index in [-0.39, 0.29) is 0 Å². The van der Waals surface area contributed by atoms with Crippen LogP contribution in [-0.4, -0.2) is 49.8 Å². The molecular weight excluding hydrogens is 224 g/mol. The number of ether oxygens (including phenoxy) is 1. The third-order valence-electron chi connectivity index (χ3n) is 4.67. The minimum absolute atomic E-state index is 0.645. The molecule has 1 saturated carbocycles. The maximum atomic E-state index is 5.55. The Morgan fingerprint density at radius 3 is 2.72 bits per heavy atom. The first-order valence-corrected chi connectivity index (χ1v) is 7.84. The summed E-state index contributed by atoms with van der Waals surface area (Å²) < 4.78 is 5.55. The van der Waals surface area contributed by atoms with Crippen LogP contribution in [0.3, 0.4) is 0 Å². The van der Waals surface area contributed by atoms with Gasteiger partial charge in [0.05, 0.1) is 13.2 Å². The van der Waals surface area contributed by atoms with Crippen molar-refractivity contribution in [2.45, 2.75) is 58.0 Å². The molecule has 3 heteroatoms. The fourth-order valence-corrected chi connectivity index (χ4v) is 3.24. The summed E-state index contributed by atoms with van der Waals surface area (Å²) in [6, 6.07) is 1.43. The quantitative estimate of drug-likeness (QED) is 0.814. The van der Waals surface area contributed by atoms with Crippen LogP contribution >= 0.6 is 0 Å². The molecule has 1 aliphatic carbocycles. The van der Waals surface area contributed by atoms with Gasteiger partial charge in [0.1, 0.15) is 0 Å². The Bertz CT molecular complexity index is 227. The van der Waals surface area contributed by atoms with E-state index in [2.05, 4.69) is 24.1 Å². The molecule has 1 unspecified atom stereocenters. The van der Waals surface area contributed by atoms with E-state index in [4.69, 9.17) is 4.74 Å². The first kappa shape index (κ1) is 14.3. The Morgan fingerprint density at radius 1 is 1.22 bits per heavy atom. The number of hydrogen-bond acceptors (Lipinski definition) is 3. The van der Waals surface area contributed by atoms with E-state index in [0.717, 1.165) is 38.3 Å². The number of hydrogen-bond donors (Lipinski definition) is 1. The molecule has 0 aromatic heterocycles. The highest BCUT2D eigenvalue weighted by Gasteiger charge is 2.22. The molecule has 1 N–H and O–H groups in total. The van der Waals surface area contributed by atoms with Crippen molar-refractivity contribution in [1.29, 1.82) is 0 Å². The second-order valence-corrected chi connectivity index (χ2v) is 6.08. The first-order chi connectivity index (χ1) is 8.79. The van der Waals surface area contributed by atoms with E-state index in [1.165, 1.54) is 38.6 Å². The van der Waals surface area contributed by atoms with Gasteiger partial charge in [-0.15, -0.1) is 0 Å². The van der Waals surface area contributed by atoms with Crippen LogP contribution in [0.1, 0.15) is 46.0 Å². The summed E-state index contributed by atoms with van der Waals surface area (Å²) in [5.41, 5.74) is 0. The largest absolute Gasteiger partial charge is 0.378 e. The summed E-state index contributed by atoms with van der Waals surface area (Å²) in [7, 11) is 0. The number of nitrogens with one attached hydrogen (secondary N) is 1. The lowest BCUT2D eigenvalue weighted by Crippen LogP contribution is -2.48. The number of morpholine rings is 1. The zero-order valence-corrected chi connectivity index (χ0v) is 12.2. The van der Waals surface area contributed by atoms with Crippen molar-refractivity contribution < 1.29 is 4.74 Å². The maximum Gasteiger partial charge on any atom is 0.0622 e. The van der Waals surface area contributed by atoms with Crippen LogP contribution < -0.4 is 5.32 Å². The van der Waals surface area contributed by atoms with Crippen molar-refractivity contribution in [2.24, 2.45) is 5.92 Å². The van der Waals surface area contributed by atoms with Crippen LogP contribution in [0.4, 0.5) is 0 Å². The monoisotopic (exact) mass is 254 g/mol. The maximum absolute atomic E-state index is 5.55. The van der Waals surface area contributed by atoms with Gasteiger partial charge in [-0.3, -0.25) is 4.90 Å². The van der Waals surface area contributed by atoms with Gasteiger partial charge in [0.25, 0.3) is 0 Å². The minimum Gasteiger partial charge on any atom is -0.378 e. The van der Waals surface area contributed by atoms with Crippen molar-refractivity contribution in [3.8, 4) is 0 Å². The van der Waals surface area contributed by atoms with Gasteiger partial charge in [-0.05, 0) is 38.0 Å². The lowest BCUT2D eigenvalue weighted by Gasteiger charge is -2.35. The Hall–Kier alpha value is -0.120. The normalized spacial score (nSPS) is 34.7.